The molecule has 1 radical (unpaired) electrons. The molecule has 0 aliphatic carbocycles. The molecule has 1 rings (SSSR count). The zero-order valence-corrected chi connectivity index (χ0v) is 7.29. The van der Waals surface area contributed by atoms with Crippen LogP contribution in [0.5, 0.6) is 0 Å². The third-order valence-electron chi connectivity index (χ3n) is 1.55. The normalized spacial score (nSPS) is 10.5. The number of ketones is 1. The Morgan fingerprint density at radius 3 is 2.92 bits per heavy atom. The third-order valence-corrected chi connectivity index (χ3v) is 1.55. The number of carbonyl (C=O) groups excluding carboxylic acids is 1. The van der Waals surface area contributed by atoms with E-state index in [1.807, 2.05) is 19.9 Å². The molecule has 0 aliphatic rings. The molecule has 1 aromatic rings. The molecule has 0 unspecified atom stereocenters. The third kappa shape index (κ3) is 2.06. The quantitative estimate of drug-likeness (QED) is 0.478. The molecule has 0 saturated heterocycles. The largest absolute Gasteiger partial charge is 0.289 e. The molecule has 0 amide bonds. The van der Waals surface area contributed by atoms with E-state index in [-0.39, 0.29) is 5.78 Å². The first kappa shape index (κ1) is 8.72. The molecule has 1 aromatic carbocycles. The smallest absolute Gasteiger partial charge is 0.185 e. The van der Waals surface area contributed by atoms with Crippen molar-refractivity contribution < 1.29 is 4.79 Å². The first-order valence-corrected chi connectivity index (χ1v) is 3.89. The molecule has 0 bridgehead atoms. The van der Waals surface area contributed by atoms with Crippen LogP contribution in [0.15, 0.2) is 30.4 Å². The lowest BCUT2D eigenvalue weighted by Gasteiger charge is -1.95. The van der Waals surface area contributed by atoms with Gasteiger partial charge in [-0.05, 0) is 37.6 Å². The van der Waals surface area contributed by atoms with Gasteiger partial charge in [-0.3, -0.25) is 4.79 Å². The monoisotopic (exact) mass is 159 g/mol. The lowest BCUT2D eigenvalue weighted by atomic mass is 10.1. The second-order valence-electron chi connectivity index (χ2n) is 2.62. The molecule has 1 heteroatoms. The van der Waals surface area contributed by atoms with E-state index in [0.29, 0.717) is 0 Å². The summed E-state index contributed by atoms with van der Waals surface area (Å²) in [7, 11) is 0. The number of rotatable bonds is 2. The second kappa shape index (κ2) is 3.86. The van der Waals surface area contributed by atoms with Crippen molar-refractivity contribution in [3.63, 3.8) is 0 Å². The average Bonchev–Trinajstić information content (AvgIpc) is 2.05. The van der Waals surface area contributed by atoms with Crippen LogP contribution in [0.3, 0.4) is 0 Å². The molecule has 12 heavy (non-hydrogen) atoms. The molecule has 0 N–H and O–H groups in total. The molecule has 1 nitrogen and oxygen atoms in total. The lowest BCUT2D eigenvalue weighted by Crippen LogP contribution is -1.93. The molecular formula is C11H11O. The molecule has 0 atom stereocenters. The van der Waals surface area contributed by atoms with Crippen LogP contribution in [0, 0.1) is 13.0 Å². The number of hydrogen-bond donors (Lipinski definition) is 0. The molecule has 0 heterocycles. The Morgan fingerprint density at radius 1 is 1.58 bits per heavy atom. The van der Waals surface area contributed by atoms with Crippen LogP contribution in [0.2, 0.25) is 0 Å². The summed E-state index contributed by atoms with van der Waals surface area (Å²) < 4.78 is 0. The van der Waals surface area contributed by atoms with Gasteiger partial charge in [0.15, 0.2) is 5.78 Å². The van der Waals surface area contributed by atoms with Gasteiger partial charge in [0.05, 0.1) is 0 Å². The highest BCUT2D eigenvalue weighted by atomic mass is 16.1. The van der Waals surface area contributed by atoms with Gasteiger partial charge in [0.25, 0.3) is 0 Å². The first-order chi connectivity index (χ1) is 5.74. The van der Waals surface area contributed by atoms with E-state index in [4.69, 9.17) is 0 Å². The lowest BCUT2D eigenvalue weighted by molar-refractivity contribution is 0.104. The van der Waals surface area contributed by atoms with Crippen LogP contribution < -0.4 is 0 Å². The van der Waals surface area contributed by atoms with Crippen LogP contribution in [0.1, 0.15) is 22.8 Å². The zero-order valence-electron chi connectivity index (χ0n) is 7.29. The van der Waals surface area contributed by atoms with Crippen molar-refractivity contribution in [3.05, 3.63) is 47.5 Å². The van der Waals surface area contributed by atoms with Crippen molar-refractivity contribution >= 4 is 5.78 Å². The maximum atomic E-state index is 11.3. The van der Waals surface area contributed by atoms with Gasteiger partial charge in [-0.1, -0.05) is 18.2 Å². The van der Waals surface area contributed by atoms with Crippen LogP contribution in [-0.2, 0) is 0 Å². The summed E-state index contributed by atoms with van der Waals surface area (Å²) in [6, 6.07) is 8.37. The first-order valence-electron chi connectivity index (χ1n) is 3.89. The van der Waals surface area contributed by atoms with E-state index in [2.05, 4.69) is 6.07 Å². The van der Waals surface area contributed by atoms with Gasteiger partial charge < -0.3 is 0 Å². The maximum absolute atomic E-state index is 11.3. The Morgan fingerprint density at radius 2 is 2.33 bits per heavy atom. The molecule has 0 spiro atoms. The van der Waals surface area contributed by atoms with E-state index in [1.54, 1.807) is 24.3 Å². The minimum atomic E-state index is 0.0506. The summed E-state index contributed by atoms with van der Waals surface area (Å²) in [6.07, 6.45) is 3.31. The van der Waals surface area contributed by atoms with E-state index in [1.165, 1.54) is 0 Å². The minimum Gasteiger partial charge on any atom is -0.289 e. The standard InChI is InChI=1S/C11H11O/c1-3-5-11(12)10-7-4-6-9(2)8-10/h3-5,7-8H,1-2H3. The zero-order chi connectivity index (χ0) is 8.97. The average molecular weight is 159 g/mol. The van der Waals surface area contributed by atoms with Gasteiger partial charge in [-0.2, -0.15) is 0 Å². The predicted octanol–water partition coefficient (Wildman–Crippen LogP) is 2.55. The van der Waals surface area contributed by atoms with Crippen LogP contribution in [0.25, 0.3) is 0 Å². The van der Waals surface area contributed by atoms with Crippen LogP contribution in [-0.4, -0.2) is 5.78 Å². The van der Waals surface area contributed by atoms with Gasteiger partial charge in [0, 0.05) is 5.56 Å². The summed E-state index contributed by atoms with van der Waals surface area (Å²) in [5.41, 5.74) is 1.72. The maximum Gasteiger partial charge on any atom is 0.185 e. The number of benzene rings is 1. The minimum absolute atomic E-state index is 0.0506. The number of carbonyl (C=O) groups is 1. The van der Waals surface area contributed by atoms with Crippen LogP contribution >= 0.6 is 0 Å². The Labute approximate surface area is 72.7 Å². The van der Waals surface area contributed by atoms with E-state index in [9.17, 15) is 4.79 Å². The number of hydrogen-bond acceptors (Lipinski definition) is 1. The fourth-order valence-corrected chi connectivity index (χ4v) is 0.987. The van der Waals surface area contributed by atoms with Crippen molar-refractivity contribution in [2.24, 2.45) is 0 Å². The summed E-state index contributed by atoms with van der Waals surface area (Å²) in [5.74, 6) is 0.0506. The fourth-order valence-electron chi connectivity index (χ4n) is 0.987. The molecule has 0 aromatic heterocycles. The molecule has 0 fully saturated rings. The Balaban J connectivity index is 2.96. The second-order valence-corrected chi connectivity index (χ2v) is 2.62. The SMILES string of the molecule is CC=CC(=O)c1cc[c]c(C)c1. The van der Waals surface area contributed by atoms with E-state index in [0.717, 1.165) is 11.1 Å². The highest BCUT2D eigenvalue weighted by molar-refractivity contribution is 6.04. The van der Waals surface area contributed by atoms with Gasteiger partial charge >= 0.3 is 0 Å². The van der Waals surface area contributed by atoms with Crippen molar-refractivity contribution in [1.29, 1.82) is 0 Å². The topological polar surface area (TPSA) is 17.1 Å². The molecule has 0 aliphatic heterocycles. The highest BCUT2D eigenvalue weighted by Crippen LogP contribution is 2.04. The fraction of sp³-hybridized carbons (Fsp3) is 0.182. The van der Waals surface area contributed by atoms with Crippen molar-refractivity contribution in [1.82, 2.24) is 0 Å². The van der Waals surface area contributed by atoms with Crippen molar-refractivity contribution in [2.45, 2.75) is 13.8 Å². The summed E-state index contributed by atoms with van der Waals surface area (Å²) in [5, 5.41) is 0. The van der Waals surface area contributed by atoms with Crippen molar-refractivity contribution in [2.75, 3.05) is 0 Å². The van der Waals surface area contributed by atoms with E-state index >= 15 is 0 Å². The summed E-state index contributed by atoms with van der Waals surface area (Å²) in [6.45, 7) is 3.76. The van der Waals surface area contributed by atoms with Gasteiger partial charge in [0.2, 0.25) is 0 Å². The molecular weight excluding hydrogens is 148 g/mol. The highest BCUT2D eigenvalue weighted by Gasteiger charge is 1.99. The van der Waals surface area contributed by atoms with E-state index < -0.39 is 0 Å². The molecule has 61 valence electrons. The van der Waals surface area contributed by atoms with Gasteiger partial charge in [0.1, 0.15) is 0 Å². The van der Waals surface area contributed by atoms with Gasteiger partial charge in [-0.25, -0.2) is 0 Å². The predicted molar refractivity (Wildman–Crippen MR) is 49.2 cm³/mol. The van der Waals surface area contributed by atoms with Crippen molar-refractivity contribution in [3.8, 4) is 0 Å². The number of aryl methyl sites for hydroxylation is 1. The number of allylic oxidation sites excluding steroid dienone is 2. The summed E-state index contributed by atoms with van der Waals surface area (Å²) in [4.78, 5) is 11.3. The van der Waals surface area contributed by atoms with Gasteiger partial charge in [-0.15, -0.1) is 0 Å². The Hall–Kier alpha value is -1.37. The molecule has 0 saturated carbocycles. The summed E-state index contributed by atoms with van der Waals surface area (Å²) >= 11 is 0. The Bertz CT molecular complexity index is 311. The Kier molecular flexibility index (Phi) is 2.81. The van der Waals surface area contributed by atoms with Crippen LogP contribution in [0.4, 0.5) is 0 Å².